The van der Waals surface area contributed by atoms with Crippen LogP contribution in [0, 0.1) is 0 Å². The molecule has 2 aromatic rings. The Labute approximate surface area is 180 Å². The fourth-order valence-electron chi connectivity index (χ4n) is 3.67. The van der Waals surface area contributed by atoms with Gasteiger partial charge < -0.3 is 25.2 Å². The van der Waals surface area contributed by atoms with Gasteiger partial charge in [0.25, 0.3) is 0 Å². The van der Waals surface area contributed by atoms with Gasteiger partial charge in [0.2, 0.25) is 5.91 Å². The molecule has 1 aliphatic rings. The number of rotatable bonds is 9. The van der Waals surface area contributed by atoms with Crippen molar-refractivity contribution >= 4 is 18.0 Å². The van der Waals surface area contributed by atoms with Gasteiger partial charge in [-0.15, -0.1) is 0 Å². The zero-order valence-electron chi connectivity index (χ0n) is 17.5. The summed E-state index contributed by atoms with van der Waals surface area (Å²) in [6.07, 6.45) is -0.622. The smallest absolute Gasteiger partial charge is 0.407 e. The molecule has 0 radical (unpaired) electrons. The lowest BCUT2D eigenvalue weighted by Crippen LogP contribution is -2.50. The number of fused-ring (bicyclic) bond motifs is 3. The molecule has 0 spiro atoms. The van der Waals surface area contributed by atoms with E-state index in [4.69, 9.17) is 9.47 Å². The van der Waals surface area contributed by atoms with E-state index < -0.39 is 30.1 Å². The molecule has 31 heavy (non-hydrogen) atoms. The molecule has 0 aromatic heterocycles. The third-order valence-electron chi connectivity index (χ3n) is 5.30. The molecular formula is C23H26N2O6. The van der Waals surface area contributed by atoms with Crippen molar-refractivity contribution in [3.63, 3.8) is 0 Å². The van der Waals surface area contributed by atoms with Gasteiger partial charge in [0.15, 0.2) is 0 Å². The molecule has 1 unspecified atom stereocenters. The van der Waals surface area contributed by atoms with Crippen molar-refractivity contribution in [3.8, 4) is 11.1 Å². The molecular weight excluding hydrogens is 400 g/mol. The first-order valence-corrected chi connectivity index (χ1v) is 10.1. The predicted octanol–water partition coefficient (Wildman–Crippen LogP) is 2.52. The van der Waals surface area contributed by atoms with Gasteiger partial charge >= 0.3 is 12.1 Å². The van der Waals surface area contributed by atoms with Crippen LogP contribution >= 0.6 is 0 Å². The molecule has 2 atom stereocenters. The maximum absolute atomic E-state index is 12.3. The van der Waals surface area contributed by atoms with Crippen molar-refractivity contribution < 1.29 is 29.0 Å². The van der Waals surface area contributed by atoms with Gasteiger partial charge in [-0.3, -0.25) is 4.79 Å². The second-order valence-electron chi connectivity index (χ2n) is 7.37. The lowest BCUT2D eigenvalue weighted by atomic mass is 9.98. The van der Waals surface area contributed by atoms with E-state index in [1.807, 2.05) is 48.5 Å². The molecule has 8 heteroatoms. The topological polar surface area (TPSA) is 114 Å². The van der Waals surface area contributed by atoms with Crippen LogP contribution in [0.15, 0.2) is 48.5 Å². The zero-order valence-corrected chi connectivity index (χ0v) is 17.5. The number of hydrogen-bond acceptors (Lipinski definition) is 5. The summed E-state index contributed by atoms with van der Waals surface area (Å²) in [5, 5.41) is 14.0. The van der Waals surface area contributed by atoms with Crippen molar-refractivity contribution in [1.82, 2.24) is 10.6 Å². The maximum atomic E-state index is 12.3. The fourth-order valence-corrected chi connectivity index (χ4v) is 3.67. The fraction of sp³-hybridized carbons (Fsp3) is 0.348. The number of methoxy groups -OCH3 is 1. The molecule has 0 heterocycles. The summed E-state index contributed by atoms with van der Waals surface area (Å²) in [4.78, 5) is 35.8. The highest BCUT2D eigenvalue weighted by atomic mass is 16.5. The van der Waals surface area contributed by atoms with Crippen molar-refractivity contribution in [2.24, 2.45) is 0 Å². The van der Waals surface area contributed by atoms with E-state index in [9.17, 15) is 19.5 Å². The number of carboxylic acids is 1. The van der Waals surface area contributed by atoms with Gasteiger partial charge in [0.05, 0.1) is 0 Å². The van der Waals surface area contributed by atoms with Gasteiger partial charge in [-0.2, -0.15) is 0 Å². The van der Waals surface area contributed by atoms with E-state index in [1.165, 1.54) is 14.0 Å². The number of nitrogens with one attached hydrogen (secondary N) is 2. The summed E-state index contributed by atoms with van der Waals surface area (Å²) in [6, 6.07) is 13.9. The quantitative estimate of drug-likeness (QED) is 0.568. The van der Waals surface area contributed by atoms with Gasteiger partial charge in [0, 0.05) is 26.1 Å². The molecule has 0 saturated carbocycles. The van der Waals surface area contributed by atoms with Crippen LogP contribution in [-0.2, 0) is 19.1 Å². The van der Waals surface area contributed by atoms with Gasteiger partial charge in [-0.1, -0.05) is 48.5 Å². The summed E-state index contributed by atoms with van der Waals surface area (Å²) < 4.78 is 10.3. The Morgan fingerprint density at radius 1 is 1.00 bits per heavy atom. The van der Waals surface area contributed by atoms with E-state index in [2.05, 4.69) is 10.6 Å². The molecule has 8 nitrogen and oxygen atoms in total. The van der Waals surface area contributed by atoms with Crippen molar-refractivity contribution in [2.75, 3.05) is 20.3 Å². The lowest BCUT2D eigenvalue weighted by Gasteiger charge is -2.19. The summed E-state index contributed by atoms with van der Waals surface area (Å²) in [7, 11) is 1.45. The van der Waals surface area contributed by atoms with Gasteiger partial charge in [0.1, 0.15) is 18.7 Å². The number of ether oxygens (including phenoxy) is 2. The Bertz CT molecular complexity index is 915. The molecule has 2 aromatic carbocycles. The first kappa shape index (κ1) is 22.3. The third kappa shape index (κ3) is 5.21. The van der Waals surface area contributed by atoms with Gasteiger partial charge in [-0.05, 0) is 29.2 Å². The highest BCUT2D eigenvalue weighted by Crippen LogP contribution is 2.44. The molecule has 3 N–H and O–H groups in total. The number of carboxylic acid groups (broad SMARTS) is 1. The first-order chi connectivity index (χ1) is 14.9. The molecule has 0 saturated heterocycles. The Balaban J connectivity index is 1.57. The minimum Gasteiger partial charge on any atom is -0.480 e. The predicted molar refractivity (Wildman–Crippen MR) is 114 cm³/mol. The number of carbonyl (C=O) groups excluding carboxylic acids is 2. The van der Waals surface area contributed by atoms with Crippen LogP contribution in [0.25, 0.3) is 11.1 Å². The molecule has 0 aliphatic heterocycles. The summed E-state index contributed by atoms with van der Waals surface area (Å²) >= 11 is 0. The normalized spacial score (nSPS) is 14.1. The van der Waals surface area contributed by atoms with Crippen molar-refractivity contribution in [3.05, 3.63) is 59.7 Å². The van der Waals surface area contributed by atoms with Crippen LogP contribution in [0.3, 0.4) is 0 Å². The lowest BCUT2D eigenvalue weighted by molar-refractivity contribution is -0.142. The van der Waals surface area contributed by atoms with Crippen LogP contribution in [-0.4, -0.2) is 55.5 Å². The van der Waals surface area contributed by atoms with E-state index in [-0.39, 0.29) is 25.6 Å². The van der Waals surface area contributed by atoms with E-state index >= 15 is 0 Å². The number of hydrogen-bond donors (Lipinski definition) is 3. The van der Waals surface area contributed by atoms with Gasteiger partial charge in [-0.25, -0.2) is 9.59 Å². The average molecular weight is 426 g/mol. The SMILES string of the molecule is COCCC(NC(=O)[C@@H](C)NC(=O)OCC1c2ccccc2-c2ccccc21)C(=O)O. The molecule has 164 valence electrons. The van der Waals surface area contributed by atoms with Crippen molar-refractivity contribution in [1.29, 1.82) is 0 Å². The molecule has 0 fully saturated rings. The molecule has 1 aliphatic carbocycles. The second-order valence-corrected chi connectivity index (χ2v) is 7.37. The monoisotopic (exact) mass is 426 g/mol. The Hall–Kier alpha value is -3.39. The number of alkyl carbamates (subject to hydrolysis) is 1. The second kappa shape index (κ2) is 10.1. The summed E-state index contributed by atoms with van der Waals surface area (Å²) in [5.41, 5.74) is 4.42. The first-order valence-electron chi connectivity index (χ1n) is 10.1. The van der Waals surface area contributed by atoms with Crippen molar-refractivity contribution in [2.45, 2.75) is 31.3 Å². The number of amides is 2. The summed E-state index contributed by atoms with van der Waals surface area (Å²) in [6.45, 7) is 1.78. The average Bonchev–Trinajstić information content (AvgIpc) is 3.08. The highest BCUT2D eigenvalue weighted by Gasteiger charge is 2.29. The van der Waals surface area contributed by atoms with Crippen LogP contribution in [0.2, 0.25) is 0 Å². The molecule has 2 amide bonds. The molecule has 0 bridgehead atoms. The Morgan fingerprint density at radius 2 is 1.58 bits per heavy atom. The number of carbonyl (C=O) groups is 3. The Kier molecular flexibility index (Phi) is 7.25. The van der Waals surface area contributed by atoms with E-state index in [0.717, 1.165) is 22.3 Å². The summed E-state index contributed by atoms with van der Waals surface area (Å²) in [5.74, 6) is -1.87. The minimum absolute atomic E-state index is 0.0901. The van der Waals surface area contributed by atoms with Crippen LogP contribution in [0.1, 0.15) is 30.4 Å². The molecule has 3 rings (SSSR count). The Morgan fingerprint density at radius 3 is 2.13 bits per heavy atom. The largest absolute Gasteiger partial charge is 0.480 e. The minimum atomic E-state index is -1.17. The maximum Gasteiger partial charge on any atom is 0.407 e. The standard InChI is InChI=1S/C23H26N2O6/c1-14(21(26)25-20(22(27)28)11-12-30-2)24-23(29)31-13-19-17-9-5-3-7-15(17)16-8-4-6-10-18(16)19/h3-10,14,19-20H,11-13H2,1-2H3,(H,24,29)(H,25,26)(H,27,28)/t14-,20?/m1/s1. The van der Waals surface area contributed by atoms with Crippen LogP contribution < -0.4 is 10.6 Å². The third-order valence-corrected chi connectivity index (χ3v) is 5.30. The number of benzene rings is 2. The zero-order chi connectivity index (χ0) is 22.4. The van der Waals surface area contributed by atoms with Crippen LogP contribution in [0.4, 0.5) is 4.79 Å². The highest BCUT2D eigenvalue weighted by molar-refractivity contribution is 5.89. The van der Waals surface area contributed by atoms with Crippen LogP contribution in [0.5, 0.6) is 0 Å². The van der Waals surface area contributed by atoms with E-state index in [1.54, 1.807) is 0 Å². The van der Waals surface area contributed by atoms with E-state index in [0.29, 0.717) is 0 Å². The number of aliphatic carboxylic acids is 1.